The Balaban J connectivity index is 2.08. The molecule has 6 nitrogen and oxygen atoms in total. The summed E-state index contributed by atoms with van der Waals surface area (Å²) in [4.78, 5) is 37.6. The third kappa shape index (κ3) is 2.66. The maximum atomic E-state index is 13.4. The van der Waals surface area contributed by atoms with Crippen molar-refractivity contribution in [3.63, 3.8) is 0 Å². The minimum Gasteiger partial charge on any atom is -0.466 e. The summed E-state index contributed by atoms with van der Waals surface area (Å²) in [5.74, 6) is -3.13. The van der Waals surface area contributed by atoms with Crippen LogP contribution < -0.4 is 4.90 Å². The van der Waals surface area contributed by atoms with Crippen molar-refractivity contribution < 1.29 is 37.4 Å². The molecule has 28 heavy (non-hydrogen) atoms. The number of alkyl halides is 3. The number of carbonyl (C=O) groups excluding carboxylic acids is 3. The van der Waals surface area contributed by atoms with E-state index in [1.165, 1.54) is 19.1 Å². The number of ether oxygens (including phenoxy) is 1. The molecule has 146 valence electrons. The fraction of sp³-hybridized carbons (Fsp3) is 0.211. The lowest BCUT2D eigenvalue weighted by Gasteiger charge is -2.29. The van der Waals surface area contributed by atoms with Gasteiger partial charge < -0.3 is 9.84 Å². The number of anilines is 1. The van der Waals surface area contributed by atoms with Crippen LogP contribution in [0.1, 0.15) is 31.8 Å². The molecule has 0 radical (unpaired) electrons. The molecule has 0 bridgehead atoms. The zero-order valence-electron chi connectivity index (χ0n) is 14.7. The lowest BCUT2D eigenvalue weighted by molar-refractivity contribution is -0.266. The number of nitrogens with zero attached hydrogens (tertiary/aromatic N) is 1. The highest BCUT2D eigenvalue weighted by Gasteiger charge is 2.62. The van der Waals surface area contributed by atoms with Crippen molar-refractivity contribution in [3.05, 3.63) is 64.7 Å². The maximum Gasteiger partial charge on any atom is 0.432 e. The molecule has 1 heterocycles. The van der Waals surface area contributed by atoms with Crippen LogP contribution in [-0.4, -0.2) is 36.2 Å². The van der Waals surface area contributed by atoms with E-state index in [0.717, 1.165) is 30.2 Å². The van der Waals surface area contributed by atoms with Crippen LogP contribution in [0.25, 0.3) is 0 Å². The summed E-state index contributed by atoms with van der Waals surface area (Å²) >= 11 is 0. The largest absolute Gasteiger partial charge is 0.466 e. The first kappa shape index (κ1) is 19.6. The van der Waals surface area contributed by atoms with Gasteiger partial charge in [-0.15, -0.1) is 0 Å². The normalized spacial score (nSPS) is 16.0. The van der Waals surface area contributed by atoms with Crippen molar-refractivity contribution in [1.82, 2.24) is 0 Å². The topological polar surface area (TPSA) is 83.9 Å². The van der Waals surface area contributed by atoms with Crippen LogP contribution in [0.15, 0.2) is 42.5 Å². The van der Waals surface area contributed by atoms with E-state index in [1.807, 2.05) is 0 Å². The number of halogens is 3. The van der Waals surface area contributed by atoms with Crippen LogP contribution in [0.4, 0.5) is 18.9 Å². The minimum atomic E-state index is -5.34. The Labute approximate surface area is 157 Å². The lowest BCUT2D eigenvalue weighted by atomic mass is 9.91. The van der Waals surface area contributed by atoms with Gasteiger partial charge in [0.05, 0.1) is 23.9 Å². The van der Waals surface area contributed by atoms with Crippen LogP contribution in [0.3, 0.4) is 0 Å². The molecule has 1 N–H and O–H groups in total. The predicted molar refractivity (Wildman–Crippen MR) is 90.7 cm³/mol. The average molecular weight is 393 g/mol. The number of imide groups is 1. The second kappa shape index (κ2) is 6.45. The van der Waals surface area contributed by atoms with Crippen molar-refractivity contribution in [3.8, 4) is 0 Å². The van der Waals surface area contributed by atoms with Crippen LogP contribution >= 0.6 is 0 Å². The van der Waals surface area contributed by atoms with Gasteiger partial charge in [0.15, 0.2) is 0 Å². The second-order valence-electron chi connectivity index (χ2n) is 6.19. The van der Waals surface area contributed by atoms with Gasteiger partial charge in [-0.25, -0.2) is 9.69 Å². The number of aliphatic hydroxyl groups is 1. The number of amides is 2. The van der Waals surface area contributed by atoms with Crippen LogP contribution in [-0.2, 0) is 15.1 Å². The third-order valence-electron chi connectivity index (χ3n) is 4.54. The predicted octanol–water partition coefficient (Wildman–Crippen LogP) is 2.72. The van der Waals surface area contributed by atoms with Crippen LogP contribution in [0, 0.1) is 6.92 Å². The van der Waals surface area contributed by atoms with Gasteiger partial charge >= 0.3 is 12.1 Å². The maximum absolute atomic E-state index is 13.4. The van der Waals surface area contributed by atoms with Crippen molar-refractivity contribution >= 4 is 23.5 Å². The zero-order chi connectivity index (χ0) is 20.9. The molecule has 1 aliphatic rings. The molecule has 0 unspecified atom stereocenters. The molecule has 2 aromatic carbocycles. The molecule has 0 spiro atoms. The monoisotopic (exact) mass is 393 g/mol. The van der Waals surface area contributed by atoms with E-state index in [0.29, 0.717) is 0 Å². The van der Waals surface area contributed by atoms with Gasteiger partial charge in [0.25, 0.3) is 17.4 Å². The molecule has 0 saturated heterocycles. The van der Waals surface area contributed by atoms with Crippen LogP contribution in [0.2, 0.25) is 0 Å². The Kier molecular flexibility index (Phi) is 4.50. The van der Waals surface area contributed by atoms with Gasteiger partial charge in [-0.05, 0) is 30.7 Å². The Morgan fingerprint density at radius 1 is 1.04 bits per heavy atom. The van der Waals surface area contributed by atoms with Gasteiger partial charge in [-0.3, -0.25) is 9.59 Å². The zero-order valence-corrected chi connectivity index (χ0v) is 14.7. The summed E-state index contributed by atoms with van der Waals surface area (Å²) in [6, 6.07) is 8.91. The number of fused-ring (bicyclic) bond motifs is 1. The Morgan fingerprint density at radius 2 is 1.57 bits per heavy atom. The Hall–Kier alpha value is -3.20. The van der Waals surface area contributed by atoms with Gasteiger partial charge in [0, 0.05) is 5.56 Å². The van der Waals surface area contributed by atoms with E-state index in [-0.39, 0.29) is 22.4 Å². The molecule has 3 rings (SSSR count). The van der Waals surface area contributed by atoms with E-state index in [9.17, 15) is 32.7 Å². The number of aryl methyl sites for hydroxylation is 1. The first-order valence-corrected chi connectivity index (χ1v) is 8.00. The lowest BCUT2D eigenvalue weighted by Crippen LogP contribution is -2.50. The van der Waals surface area contributed by atoms with Gasteiger partial charge in [-0.2, -0.15) is 13.2 Å². The van der Waals surface area contributed by atoms with Gasteiger partial charge in [-0.1, -0.05) is 24.3 Å². The summed E-state index contributed by atoms with van der Waals surface area (Å²) in [6.07, 6.45) is -5.34. The summed E-state index contributed by atoms with van der Waals surface area (Å²) in [6.45, 7) is 1.36. The number of esters is 1. The van der Waals surface area contributed by atoms with Crippen LogP contribution in [0.5, 0.6) is 0 Å². The molecule has 2 amide bonds. The number of benzene rings is 2. The third-order valence-corrected chi connectivity index (χ3v) is 4.54. The van der Waals surface area contributed by atoms with E-state index in [1.54, 1.807) is 12.1 Å². The highest BCUT2D eigenvalue weighted by Crippen LogP contribution is 2.41. The smallest absolute Gasteiger partial charge is 0.432 e. The highest BCUT2D eigenvalue weighted by molar-refractivity contribution is 6.34. The Bertz CT molecular complexity index is 966. The van der Waals surface area contributed by atoms with E-state index in [2.05, 4.69) is 4.74 Å². The van der Waals surface area contributed by atoms with E-state index in [4.69, 9.17) is 0 Å². The molecule has 1 atom stereocenters. The SMILES string of the molecule is COC(=O)[C@](O)(c1ccc(N2C(=O)c3ccccc3C2=O)c(C)c1)C(F)(F)F. The number of hydrogen-bond donors (Lipinski definition) is 1. The number of hydrogen-bond acceptors (Lipinski definition) is 5. The van der Waals surface area contributed by atoms with E-state index < -0.39 is 35.1 Å². The minimum absolute atomic E-state index is 0.0457. The molecular formula is C19H14F3NO5. The average Bonchev–Trinajstić information content (AvgIpc) is 2.90. The van der Waals surface area contributed by atoms with Crippen molar-refractivity contribution in [2.24, 2.45) is 0 Å². The molecular weight excluding hydrogens is 379 g/mol. The second-order valence-corrected chi connectivity index (χ2v) is 6.19. The standard InChI is InChI=1S/C19H14F3NO5/c1-10-9-11(18(27,17(26)28-2)19(20,21)22)7-8-14(10)23-15(24)12-5-3-4-6-13(12)16(23)25/h3-9,27H,1-2H3/t18-/m1/s1. The van der Waals surface area contributed by atoms with Crippen molar-refractivity contribution in [2.75, 3.05) is 12.0 Å². The molecule has 0 saturated carbocycles. The summed E-state index contributed by atoms with van der Waals surface area (Å²) in [7, 11) is 0.721. The molecule has 0 fully saturated rings. The van der Waals surface area contributed by atoms with E-state index >= 15 is 0 Å². The van der Waals surface area contributed by atoms with Gasteiger partial charge in [0.1, 0.15) is 0 Å². The molecule has 0 aliphatic carbocycles. The van der Waals surface area contributed by atoms with Gasteiger partial charge in [0.2, 0.25) is 0 Å². The molecule has 9 heteroatoms. The summed E-state index contributed by atoms with van der Waals surface area (Å²) < 4.78 is 44.3. The number of methoxy groups -OCH3 is 1. The first-order chi connectivity index (χ1) is 13.0. The highest BCUT2D eigenvalue weighted by atomic mass is 19.4. The fourth-order valence-corrected chi connectivity index (χ4v) is 3.08. The first-order valence-electron chi connectivity index (χ1n) is 8.00. The number of rotatable bonds is 3. The molecule has 1 aliphatic heterocycles. The molecule has 0 aromatic heterocycles. The Morgan fingerprint density at radius 3 is 2.00 bits per heavy atom. The fourth-order valence-electron chi connectivity index (χ4n) is 3.08. The van der Waals surface area contributed by atoms with Crippen molar-refractivity contribution in [1.29, 1.82) is 0 Å². The molecule has 2 aromatic rings. The van der Waals surface area contributed by atoms with Crippen molar-refractivity contribution in [2.45, 2.75) is 18.7 Å². The number of carbonyl (C=O) groups is 3. The quantitative estimate of drug-likeness (QED) is 0.640. The summed E-state index contributed by atoms with van der Waals surface area (Å²) in [5.41, 5.74) is -4.19. The summed E-state index contributed by atoms with van der Waals surface area (Å²) in [5, 5.41) is 10.1.